The molecule has 0 bridgehead atoms. The summed E-state index contributed by atoms with van der Waals surface area (Å²) in [6.07, 6.45) is 0. The molecule has 0 fully saturated rings. The monoisotopic (exact) mass is 318 g/mol. The molecule has 0 aliphatic carbocycles. The van der Waals surface area contributed by atoms with Crippen LogP contribution < -0.4 is 19.9 Å². The fourth-order valence-corrected chi connectivity index (χ4v) is 1.79. The van der Waals surface area contributed by atoms with Crippen LogP contribution in [-0.2, 0) is 4.79 Å². The van der Waals surface area contributed by atoms with Gasteiger partial charge < -0.3 is 24.7 Å². The van der Waals surface area contributed by atoms with Gasteiger partial charge in [0, 0.05) is 11.3 Å². The maximum absolute atomic E-state index is 12.8. The molecule has 0 saturated heterocycles. The van der Waals surface area contributed by atoms with Crippen molar-refractivity contribution in [2.75, 3.05) is 19.0 Å². The number of halogens is 1. The molecule has 120 valence electrons. The molecule has 0 aliphatic rings. The van der Waals surface area contributed by atoms with E-state index in [1.165, 1.54) is 49.6 Å². The number of rotatable bonds is 6. The minimum Gasteiger partial charge on any atom is -0.545 e. The molecule has 0 radical (unpaired) electrons. The molecule has 0 aliphatic heterocycles. The van der Waals surface area contributed by atoms with Gasteiger partial charge in [0.05, 0.1) is 13.1 Å². The first-order valence-electron chi connectivity index (χ1n) is 6.57. The van der Waals surface area contributed by atoms with Gasteiger partial charge in [-0.25, -0.2) is 4.39 Å². The first-order chi connectivity index (χ1) is 11.0. The zero-order valence-electron chi connectivity index (χ0n) is 12.2. The highest BCUT2D eigenvalue weighted by Gasteiger charge is 2.09. The summed E-state index contributed by atoms with van der Waals surface area (Å²) in [5.74, 6) is -1.82. The van der Waals surface area contributed by atoms with Crippen molar-refractivity contribution in [2.24, 2.45) is 0 Å². The van der Waals surface area contributed by atoms with Gasteiger partial charge in [-0.3, -0.25) is 4.79 Å². The van der Waals surface area contributed by atoms with Gasteiger partial charge in [0.2, 0.25) is 0 Å². The fourth-order valence-electron chi connectivity index (χ4n) is 1.79. The van der Waals surface area contributed by atoms with E-state index in [4.69, 9.17) is 9.47 Å². The summed E-state index contributed by atoms with van der Waals surface area (Å²) < 4.78 is 23.1. The third-order valence-corrected chi connectivity index (χ3v) is 2.89. The molecular weight excluding hydrogens is 305 g/mol. The lowest BCUT2D eigenvalue weighted by Gasteiger charge is -2.12. The number of aromatic carboxylic acids is 1. The number of methoxy groups -OCH3 is 1. The fraction of sp³-hybridized carbons (Fsp3) is 0.125. The third-order valence-electron chi connectivity index (χ3n) is 2.89. The SMILES string of the molecule is COc1cc(C(=O)[O-])ccc1OCC(=O)Nc1ccc(F)cc1. The van der Waals surface area contributed by atoms with E-state index in [1.807, 2.05) is 0 Å². The smallest absolute Gasteiger partial charge is 0.262 e. The molecule has 0 saturated carbocycles. The van der Waals surface area contributed by atoms with Crippen LogP contribution in [0.2, 0.25) is 0 Å². The van der Waals surface area contributed by atoms with E-state index in [9.17, 15) is 19.1 Å². The Morgan fingerprint density at radius 1 is 1.13 bits per heavy atom. The molecule has 7 heteroatoms. The van der Waals surface area contributed by atoms with Crippen LogP contribution in [0.1, 0.15) is 10.4 Å². The Balaban J connectivity index is 1.98. The van der Waals surface area contributed by atoms with E-state index >= 15 is 0 Å². The van der Waals surface area contributed by atoms with Crippen molar-refractivity contribution in [1.82, 2.24) is 0 Å². The summed E-state index contributed by atoms with van der Waals surface area (Å²) in [6.45, 7) is -0.321. The zero-order valence-corrected chi connectivity index (χ0v) is 12.2. The van der Waals surface area contributed by atoms with Gasteiger partial charge >= 0.3 is 0 Å². The Morgan fingerprint density at radius 3 is 2.43 bits per heavy atom. The second-order valence-corrected chi connectivity index (χ2v) is 4.50. The molecule has 2 rings (SSSR count). The third kappa shape index (κ3) is 4.44. The Kier molecular flexibility index (Phi) is 5.14. The number of amides is 1. The van der Waals surface area contributed by atoms with Gasteiger partial charge in [-0.1, -0.05) is 0 Å². The first-order valence-corrected chi connectivity index (χ1v) is 6.57. The summed E-state index contributed by atoms with van der Waals surface area (Å²) in [7, 11) is 1.35. The van der Waals surface area contributed by atoms with Crippen molar-refractivity contribution >= 4 is 17.6 Å². The number of hydrogen-bond donors (Lipinski definition) is 1. The van der Waals surface area contributed by atoms with E-state index in [0.717, 1.165) is 0 Å². The van der Waals surface area contributed by atoms with Gasteiger partial charge in [-0.2, -0.15) is 0 Å². The van der Waals surface area contributed by atoms with Gasteiger partial charge in [0.25, 0.3) is 5.91 Å². The predicted molar refractivity (Wildman–Crippen MR) is 77.8 cm³/mol. The molecule has 23 heavy (non-hydrogen) atoms. The number of anilines is 1. The lowest BCUT2D eigenvalue weighted by atomic mass is 10.2. The van der Waals surface area contributed by atoms with E-state index in [1.54, 1.807) is 0 Å². The highest BCUT2D eigenvalue weighted by molar-refractivity contribution is 5.92. The second-order valence-electron chi connectivity index (χ2n) is 4.50. The van der Waals surface area contributed by atoms with Crippen molar-refractivity contribution in [3.63, 3.8) is 0 Å². The highest BCUT2D eigenvalue weighted by atomic mass is 19.1. The Labute approximate surface area is 131 Å². The van der Waals surface area contributed by atoms with Crippen LogP contribution in [0.25, 0.3) is 0 Å². The van der Waals surface area contributed by atoms with Crippen molar-refractivity contribution in [3.05, 3.63) is 53.8 Å². The Bertz CT molecular complexity index is 715. The zero-order chi connectivity index (χ0) is 16.8. The van der Waals surface area contributed by atoms with E-state index in [0.29, 0.717) is 5.69 Å². The largest absolute Gasteiger partial charge is 0.545 e. The molecule has 2 aromatic rings. The summed E-state index contributed by atoms with van der Waals surface area (Å²) in [5, 5.41) is 13.3. The van der Waals surface area contributed by atoms with Crippen LogP contribution in [0.4, 0.5) is 10.1 Å². The number of benzene rings is 2. The van der Waals surface area contributed by atoms with Crippen molar-refractivity contribution in [2.45, 2.75) is 0 Å². The number of carbonyl (C=O) groups is 2. The molecule has 1 N–H and O–H groups in total. The van der Waals surface area contributed by atoms with Gasteiger partial charge in [-0.15, -0.1) is 0 Å². The molecule has 1 amide bonds. The van der Waals surface area contributed by atoms with Crippen molar-refractivity contribution in [3.8, 4) is 11.5 Å². The molecule has 2 aromatic carbocycles. The molecule has 6 nitrogen and oxygen atoms in total. The van der Waals surface area contributed by atoms with Gasteiger partial charge in [-0.05, 0) is 42.5 Å². The van der Waals surface area contributed by atoms with Gasteiger partial charge in [0.15, 0.2) is 18.1 Å². The van der Waals surface area contributed by atoms with Crippen LogP contribution in [0, 0.1) is 5.82 Å². The van der Waals surface area contributed by atoms with Crippen LogP contribution in [0.3, 0.4) is 0 Å². The minimum atomic E-state index is -1.34. The maximum Gasteiger partial charge on any atom is 0.262 e. The van der Waals surface area contributed by atoms with Crippen LogP contribution in [0.5, 0.6) is 11.5 Å². The lowest BCUT2D eigenvalue weighted by molar-refractivity contribution is -0.255. The van der Waals surface area contributed by atoms with Gasteiger partial charge in [0.1, 0.15) is 5.82 Å². The molecule has 0 spiro atoms. The van der Waals surface area contributed by atoms with E-state index < -0.39 is 17.7 Å². The molecule has 0 aromatic heterocycles. The standard InChI is InChI=1S/C16H14FNO5/c1-22-14-8-10(16(20)21)2-7-13(14)23-9-15(19)18-12-5-3-11(17)4-6-12/h2-8H,9H2,1H3,(H,18,19)(H,20,21)/p-1. The number of ether oxygens (including phenoxy) is 2. The number of carboxylic acid groups (broad SMARTS) is 1. The van der Waals surface area contributed by atoms with Crippen molar-refractivity contribution in [1.29, 1.82) is 0 Å². The normalized spacial score (nSPS) is 10.0. The molecule has 0 heterocycles. The summed E-state index contributed by atoms with van der Waals surface area (Å²) in [5.41, 5.74) is 0.365. The maximum atomic E-state index is 12.8. The van der Waals surface area contributed by atoms with Crippen LogP contribution in [0.15, 0.2) is 42.5 Å². The first kappa shape index (κ1) is 16.3. The average Bonchev–Trinajstić information content (AvgIpc) is 2.54. The lowest BCUT2D eigenvalue weighted by Crippen LogP contribution is -2.22. The summed E-state index contributed by atoms with van der Waals surface area (Å²) in [4.78, 5) is 22.5. The molecule has 0 unspecified atom stereocenters. The van der Waals surface area contributed by atoms with E-state index in [2.05, 4.69) is 5.32 Å². The van der Waals surface area contributed by atoms with E-state index in [-0.39, 0.29) is 23.7 Å². The number of hydrogen-bond acceptors (Lipinski definition) is 5. The predicted octanol–water partition coefficient (Wildman–Crippen LogP) is 1.22. The summed E-state index contributed by atoms with van der Waals surface area (Å²) >= 11 is 0. The van der Waals surface area contributed by atoms with Crippen LogP contribution >= 0.6 is 0 Å². The quantitative estimate of drug-likeness (QED) is 0.865. The summed E-state index contributed by atoms with van der Waals surface area (Å²) in [6, 6.07) is 9.17. The number of carbonyl (C=O) groups excluding carboxylic acids is 2. The number of carboxylic acids is 1. The number of nitrogens with one attached hydrogen (secondary N) is 1. The molecular formula is C16H13FNO5-. The van der Waals surface area contributed by atoms with Crippen LogP contribution in [-0.4, -0.2) is 25.6 Å². The second kappa shape index (κ2) is 7.26. The Hall–Kier alpha value is -3.09. The Morgan fingerprint density at radius 2 is 1.83 bits per heavy atom. The minimum absolute atomic E-state index is 0.0648. The van der Waals surface area contributed by atoms with Crippen molar-refractivity contribution < 1.29 is 28.6 Å². The average molecular weight is 318 g/mol. The topological polar surface area (TPSA) is 87.7 Å². The molecule has 0 atom stereocenters. The highest BCUT2D eigenvalue weighted by Crippen LogP contribution is 2.27.